The summed E-state index contributed by atoms with van der Waals surface area (Å²) < 4.78 is 0. The molecule has 2 aliphatic rings. The number of aromatic amines is 1. The van der Waals surface area contributed by atoms with E-state index in [1.807, 2.05) is 0 Å². The van der Waals surface area contributed by atoms with Crippen LogP contribution in [0.5, 0.6) is 0 Å². The van der Waals surface area contributed by atoms with Crippen LogP contribution in [-0.4, -0.2) is 28.0 Å². The molecule has 4 rings (SSSR count). The molecule has 6 heteroatoms. The van der Waals surface area contributed by atoms with Gasteiger partial charge in [-0.25, -0.2) is 4.98 Å². The first-order chi connectivity index (χ1) is 11.3. The Morgan fingerprint density at radius 3 is 3.13 bits per heavy atom. The summed E-state index contributed by atoms with van der Waals surface area (Å²) in [6, 6.07) is 2.37. The molecular formula is C17H22N4OS. The van der Waals surface area contributed by atoms with Crippen molar-refractivity contribution in [3.63, 3.8) is 0 Å². The first-order valence-electron chi connectivity index (χ1n) is 8.38. The number of hydrogen-bond acceptors (Lipinski definition) is 5. The van der Waals surface area contributed by atoms with Crippen LogP contribution in [0.15, 0.2) is 21.6 Å². The second-order valence-corrected chi connectivity index (χ2v) is 7.25. The molecule has 0 aliphatic carbocycles. The molecule has 1 atom stereocenters. The van der Waals surface area contributed by atoms with E-state index in [1.54, 1.807) is 11.3 Å². The highest BCUT2D eigenvalue weighted by molar-refractivity contribution is 7.07. The zero-order valence-electron chi connectivity index (χ0n) is 13.2. The SMILES string of the molecule is O=c1[nH]c(C2CCCCN2)nc2c1CCN(Cc1ccsc1)C2. The Labute approximate surface area is 139 Å². The average Bonchev–Trinajstić information content (AvgIpc) is 3.08. The van der Waals surface area contributed by atoms with Gasteiger partial charge in [-0.2, -0.15) is 11.3 Å². The minimum atomic E-state index is 0.0626. The quantitative estimate of drug-likeness (QED) is 0.906. The molecular weight excluding hydrogens is 308 g/mol. The van der Waals surface area contributed by atoms with Gasteiger partial charge in [0.2, 0.25) is 0 Å². The van der Waals surface area contributed by atoms with Crippen molar-refractivity contribution in [1.82, 2.24) is 20.2 Å². The van der Waals surface area contributed by atoms with Gasteiger partial charge in [0.05, 0.1) is 11.7 Å². The van der Waals surface area contributed by atoms with Crippen LogP contribution in [-0.2, 0) is 19.5 Å². The Morgan fingerprint density at radius 1 is 1.39 bits per heavy atom. The number of thiophene rings is 1. The Kier molecular flexibility index (Phi) is 4.29. The highest BCUT2D eigenvalue weighted by Crippen LogP contribution is 2.22. The third kappa shape index (κ3) is 3.24. The topological polar surface area (TPSA) is 61.0 Å². The van der Waals surface area contributed by atoms with Gasteiger partial charge in [-0.15, -0.1) is 0 Å². The molecule has 0 radical (unpaired) electrons. The van der Waals surface area contributed by atoms with Crippen molar-refractivity contribution in [2.75, 3.05) is 13.1 Å². The summed E-state index contributed by atoms with van der Waals surface area (Å²) >= 11 is 1.73. The van der Waals surface area contributed by atoms with E-state index in [4.69, 9.17) is 4.98 Å². The van der Waals surface area contributed by atoms with Crippen molar-refractivity contribution < 1.29 is 0 Å². The summed E-state index contributed by atoms with van der Waals surface area (Å²) in [4.78, 5) is 22.6. The predicted octanol–water partition coefficient (Wildman–Crippen LogP) is 2.20. The van der Waals surface area contributed by atoms with Gasteiger partial charge in [-0.3, -0.25) is 9.69 Å². The number of hydrogen-bond donors (Lipinski definition) is 2. The monoisotopic (exact) mass is 330 g/mol. The van der Waals surface area contributed by atoms with Gasteiger partial charge < -0.3 is 10.3 Å². The second-order valence-electron chi connectivity index (χ2n) is 6.47. The van der Waals surface area contributed by atoms with Gasteiger partial charge in [-0.05, 0) is 48.2 Å². The van der Waals surface area contributed by atoms with E-state index in [-0.39, 0.29) is 11.6 Å². The van der Waals surface area contributed by atoms with Crippen LogP contribution in [0.3, 0.4) is 0 Å². The lowest BCUT2D eigenvalue weighted by molar-refractivity contribution is 0.239. The van der Waals surface area contributed by atoms with Crippen molar-refractivity contribution in [1.29, 1.82) is 0 Å². The van der Waals surface area contributed by atoms with Gasteiger partial charge in [0.1, 0.15) is 5.82 Å². The smallest absolute Gasteiger partial charge is 0.254 e. The summed E-state index contributed by atoms with van der Waals surface area (Å²) in [5.41, 5.74) is 3.26. The summed E-state index contributed by atoms with van der Waals surface area (Å²) in [6.07, 6.45) is 4.25. The third-order valence-corrected chi connectivity index (χ3v) is 5.53. The van der Waals surface area contributed by atoms with Crippen LogP contribution >= 0.6 is 11.3 Å². The standard InChI is InChI=1S/C17H22N4OS/c22-17-13-4-7-21(9-12-5-8-23-11-12)10-15(13)19-16(20-17)14-3-1-2-6-18-14/h5,8,11,14,18H,1-4,6-7,9-10H2,(H,19,20,22). The fraction of sp³-hybridized carbons (Fsp3) is 0.529. The Hall–Kier alpha value is -1.50. The Balaban J connectivity index is 1.56. The molecule has 0 amide bonds. The lowest BCUT2D eigenvalue weighted by Crippen LogP contribution is -2.37. The highest BCUT2D eigenvalue weighted by Gasteiger charge is 2.24. The fourth-order valence-electron chi connectivity index (χ4n) is 3.54. The van der Waals surface area contributed by atoms with Gasteiger partial charge in [0.15, 0.2) is 0 Å². The highest BCUT2D eigenvalue weighted by atomic mass is 32.1. The van der Waals surface area contributed by atoms with E-state index >= 15 is 0 Å². The van der Waals surface area contributed by atoms with E-state index in [9.17, 15) is 4.79 Å². The maximum atomic E-state index is 12.4. The molecule has 2 aliphatic heterocycles. The number of fused-ring (bicyclic) bond motifs is 1. The average molecular weight is 330 g/mol. The molecule has 2 N–H and O–H groups in total. The summed E-state index contributed by atoms with van der Waals surface area (Å²) in [5.74, 6) is 0.825. The Morgan fingerprint density at radius 2 is 2.35 bits per heavy atom. The summed E-state index contributed by atoms with van der Waals surface area (Å²) in [5, 5.41) is 7.78. The minimum absolute atomic E-state index is 0.0626. The maximum Gasteiger partial charge on any atom is 0.254 e. The number of H-pyrrole nitrogens is 1. The van der Waals surface area contributed by atoms with Crippen LogP contribution in [0.1, 0.15) is 47.9 Å². The molecule has 1 unspecified atom stereocenters. The van der Waals surface area contributed by atoms with Crippen LogP contribution in [0, 0.1) is 0 Å². The van der Waals surface area contributed by atoms with Crippen molar-refractivity contribution in [2.45, 2.75) is 44.8 Å². The molecule has 2 aromatic heterocycles. The van der Waals surface area contributed by atoms with Crippen molar-refractivity contribution in [3.8, 4) is 0 Å². The molecule has 5 nitrogen and oxygen atoms in total. The molecule has 0 bridgehead atoms. The molecule has 4 heterocycles. The van der Waals surface area contributed by atoms with Gasteiger partial charge in [0, 0.05) is 25.2 Å². The number of piperidine rings is 1. The van der Waals surface area contributed by atoms with E-state index in [0.29, 0.717) is 0 Å². The summed E-state index contributed by atoms with van der Waals surface area (Å²) in [7, 11) is 0. The largest absolute Gasteiger partial charge is 0.309 e. The molecule has 1 saturated heterocycles. The number of nitrogens with one attached hydrogen (secondary N) is 2. The fourth-order valence-corrected chi connectivity index (χ4v) is 4.20. The normalized spacial score (nSPS) is 22.0. The molecule has 2 aromatic rings. The molecule has 1 fully saturated rings. The zero-order chi connectivity index (χ0) is 15.6. The lowest BCUT2D eigenvalue weighted by Gasteiger charge is -2.29. The van der Waals surface area contributed by atoms with Crippen molar-refractivity contribution in [2.24, 2.45) is 0 Å². The predicted molar refractivity (Wildman–Crippen MR) is 91.6 cm³/mol. The van der Waals surface area contributed by atoms with Crippen molar-refractivity contribution >= 4 is 11.3 Å². The van der Waals surface area contributed by atoms with Gasteiger partial charge in [-0.1, -0.05) is 6.42 Å². The van der Waals surface area contributed by atoms with Crippen LogP contribution in [0.25, 0.3) is 0 Å². The number of rotatable bonds is 3. The number of aromatic nitrogens is 2. The van der Waals surface area contributed by atoms with Crippen molar-refractivity contribution in [3.05, 3.63) is 49.8 Å². The van der Waals surface area contributed by atoms with Gasteiger partial charge in [0.25, 0.3) is 5.56 Å². The van der Waals surface area contributed by atoms with Crippen LogP contribution in [0.2, 0.25) is 0 Å². The Bertz CT molecular complexity index is 719. The first-order valence-corrected chi connectivity index (χ1v) is 9.32. The maximum absolute atomic E-state index is 12.4. The third-order valence-electron chi connectivity index (χ3n) is 4.80. The van der Waals surface area contributed by atoms with Gasteiger partial charge >= 0.3 is 0 Å². The summed E-state index contributed by atoms with van der Waals surface area (Å²) in [6.45, 7) is 3.65. The van der Waals surface area contributed by atoms with E-state index in [0.717, 1.165) is 56.1 Å². The molecule has 0 aromatic carbocycles. The van der Waals surface area contributed by atoms with Crippen LogP contribution < -0.4 is 10.9 Å². The molecule has 0 spiro atoms. The first kappa shape index (κ1) is 15.1. The number of nitrogens with zero attached hydrogens (tertiary/aromatic N) is 2. The van der Waals surface area contributed by atoms with Crippen LogP contribution in [0.4, 0.5) is 0 Å². The van der Waals surface area contributed by atoms with E-state index < -0.39 is 0 Å². The lowest BCUT2D eigenvalue weighted by atomic mass is 10.0. The minimum Gasteiger partial charge on any atom is -0.309 e. The molecule has 23 heavy (non-hydrogen) atoms. The molecule has 122 valence electrons. The van der Waals surface area contributed by atoms with E-state index in [1.165, 1.54) is 18.4 Å². The zero-order valence-corrected chi connectivity index (χ0v) is 14.0. The molecule has 0 saturated carbocycles. The van der Waals surface area contributed by atoms with E-state index in [2.05, 4.69) is 32.0 Å². The second kappa shape index (κ2) is 6.55.